The summed E-state index contributed by atoms with van der Waals surface area (Å²) in [5, 5.41) is 0. The zero-order valence-corrected chi connectivity index (χ0v) is 23.0. The van der Waals surface area contributed by atoms with Crippen molar-refractivity contribution in [3.63, 3.8) is 0 Å². The molecule has 0 aromatic heterocycles. The first-order chi connectivity index (χ1) is 15.2. The third-order valence-electron chi connectivity index (χ3n) is 5.01. The minimum Gasteiger partial charge on any atom is -0.542 e. The van der Waals surface area contributed by atoms with Crippen LogP contribution in [0.4, 0.5) is 0 Å². The van der Waals surface area contributed by atoms with E-state index >= 15 is 0 Å². The molecule has 0 N–H and O–H groups in total. The molecule has 0 saturated heterocycles. The Labute approximate surface area is 197 Å². The van der Waals surface area contributed by atoms with Crippen LogP contribution in [0, 0.1) is 6.92 Å². The lowest BCUT2D eigenvalue weighted by Crippen LogP contribution is -2.33. The normalized spacial score (nSPS) is 13.3. The van der Waals surface area contributed by atoms with Crippen molar-refractivity contribution in [2.75, 3.05) is 21.3 Å². The fourth-order valence-electron chi connectivity index (χ4n) is 3.84. The number of carbonyl (C=O) groups excluding carboxylic acids is 2. The van der Waals surface area contributed by atoms with Crippen molar-refractivity contribution in [3.8, 4) is 28.7 Å². The number of carbonyl (C=O) groups is 2. The topological polar surface area (TPSA) is 80.3 Å². The quantitative estimate of drug-likeness (QED) is 0.422. The summed E-state index contributed by atoms with van der Waals surface area (Å²) in [5.41, 5.74) is 1.57. The van der Waals surface area contributed by atoms with Gasteiger partial charge in [0.05, 0.1) is 32.5 Å². The van der Waals surface area contributed by atoms with E-state index in [1.807, 2.05) is 46.2 Å². The predicted octanol–water partition coefficient (Wildman–Crippen LogP) is 5.22. The van der Waals surface area contributed by atoms with Crippen molar-refractivity contribution in [1.82, 2.24) is 0 Å². The Balaban J connectivity index is 2.40. The molecule has 0 heterocycles. The lowest BCUT2D eigenvalue weighted by atomic mass is 9.81. The summed E-state index contributed by atoms with van der Waals surface area (Å²) < 4.78 is 29.3. The average molecular weight is 489 g/mol. The molecule has 33 heavy (non-hydrogen) atoms. The van der Waals surface area contributed by atoms with Crippen molar-refractivity contribution >= 4 is 28.2 Å². The summed E-state index contributed by atoms with van der Waals surface area (Å²) in [5.74, 6) is 0.932. The molecule has 178 valence electrons. The minimum absolute atomic E-state index is 0.161. The highest BCUT2D eigenvalue weighted by molar-refractivity contribution is 6.71. The largest absolute Gasteiger partial charge is 0.542 e. The maximum absolute atomic E-state index is 14.0. The van der Waals surface area contributed by atoms with Crippen LogP contribution in [0.5, 0.6) is 28.7 Å². The van der Waals surface area contributed by atoms with Crippen LogP contribution < -0.4 is 23.1 Å². The van der Waals surface area contributed by atoms with Crippen LogP contribution in [0.15, 0.2) is 12.1 Å². The number of ether oxygens (including phenoxy) is 3. The summed E-state index contributed by atoms with van der Waals surface area (Å²) >= 11 is 0. The van der Waals surface area contributed by atoms with E-state index in [0.29, 0.717) is 11.5 Å². The van der Waals surface area contributed by atoms with Gasteiger partial charge >= 0.3 is 0 Å². The van der Waals surface area contributed by atoms with E-state index < -0.39 is 16.6 Å². The Morgan fingerprint density at radius 1 is 0.606 bits per heavy atom. The summed E-state index contributed by atoms with van der Waals surface area (Å²) in [6, 6.07) is 3.24. The standard InChI is InChI=1S/C24H32O7Si2/c1-13-11-14-17(23(29-4)21(13)30-32(5,6)7)20(26)18-15(19(14)25)12-16(27-2)22(28-3)24(18)31-33(8,9)10/h11-12H,1-10H3. The average Bonchev–Trinajstić information content (AvgIpc) is 2.69. The monoisotopic (exact) mass is 488 g/mol. The summed E-state index contributed by atoms with van der Waals surface area (Å²) in [4.78, 5) is 27.7. The van der Waals surface area contributed by atoms with E-state index in [-0.39, 0.29) is 51.1 Å². The predicted molar refractivity (Wildman–Crippen MR) is 132 cm³/mol. The highest BCUT2D eigenvalue weighted by Crippen LogP contribution is 2.49. The number of aryl methyl sites for hydroxylation is 1. The van der Waals surface area contributed by atoms with Crippen LogP contribution >= 0.6 is 0 Å². The zero-order valence-electron chi connectivity index (χ0n) is 21.0. The fourth-order valence-corrected chi connectivity index (χ4v) is 5.51. The third-order valence-corrected chi connectivity index (χ3v) is 6.64. The first-order valence-electron chi connectivity index (χ1n) is 10.7. The molecule has 2 aromatic rings. The highest BCUT2D eigenvalue weighted by Gasteiger charge is 2.40. The van der Waals surface area contributed by atoms with Crippen LogP contribution in [-0.2, 0) is 0 Å². The number of hydrogen-bond acceptors (Lipinski definition) is 7. The van der Waals surface area contributed by atoms with Crippen LogP contribution in [0.2, 0.25) is 39.3 Å². The molecule has 3 rings (SSSR count). The van der Waals surface area contributed by atoms with Gasteiger partial charge in [-0.1, -0.05) is 0 Å². The fraction of sp³-hybridized carbons (Fsp3) is 0.417. The molecule has 0 saturated carbocycles. The molecule has 0 amide bonds. The van der Waals surface area contributed by atoms with Crippen LogP contribution in [0.3, 0.4) is 0 Å². The van der Waals surface area contributed by atoms with Gasteiger partial charge in [-0.05, 0) is 63.9 Å². The van der Waals surface area contributed by atoms with E-state index in [2.05, 4.69) is 0 Å². The van der Waals surface area contributed by atoms with E-state index in [1.165, 1.54) is 21.3 Å². The first-order valence-corrected chi connectivity index (χ1v) is 17.5. The van der Waals surface area contributed by atoms with Gasteiger partial charge in [0, 0.05) is 11.1 Å². The molecule has 0 atom stereocenters. The van der Waals surface area contributed by atoms with E-state index in [9.17, 15) is 9.59 Å². The molecule has 1 aliphatic rings. The maximum Gasteiger partial charge on any atom is 0.242 e. The third kappa shape index (κ3) is 4.52. The van der Waals surface area contributed by atoms with Gasteiger partial charge in [-0.15, -0.1) is 0 Å². The Morgan fingerprint density at radius 2 is 1.09 bits per heavy atom. The molecule has 0 bridgehead atoms. The van der Waals surface area contributed by atoms with Crippen molar-refractivity contribution in [2.24, 2.45) is 0 Å². The van der Waals surface area contributed by atoms with Gasteiger partial charge in [0.15, 0.2) is 23.0 Å². The Hall–Kier alpha value is -2.79. The van der Waals surface area contributed by atoms with E-state index in [0.717, 1.165) is 5.56 Å². The van der Waals surface area contributed by atoms with Gasteiger partial charge in [-0.2, -0.15) is 0 Å². The SMILES string of the molecule is COc1cc2c(c(O[Si](C)(C)C)c1OC)C(=O)c1c(cc(C)c(O[Si](C)(C)C)c1OC)C2=O. The van der Waals surface area contributed by atoms with Crippen molar-refractivity contribution in [3.05, 3.63) is 39.9 Å². The molecule has 7 nitrogen and oxygen atoms in total. The maximum atomic E-state index is 14.0. The smallest absolute Gasteiger partial charge is 0.242 e. The molecule has 2 aromatic carbocycles. The molecule has 0 unspecified atom stereocenters. The Kier molecular flexibility index (Phi) is 6.42. The number of hydrogen-bond donors (Lipinski definition) is 0. The number of rotatable bonds is 7. The molecule has 0 spiro atoms. The Morgan fingerprint density at radius 3 is 1.58 bits per heavy atom. The lowest BCUT2D eigenvalue weighted by Gasteiger charge is -2.30. The second kappa shape index (κ2) is 8.53. The first kappa shape index (κ1) is 24.8. The molecular weight excluding hydrogens is 456 g/mol. The van der Waals surface area contributed by atoms with Crippen LogP contribution in [-0.4, -0.2) is 49.5 Å². The summed E-state index contributed by atoms with van der Waals surface area (Å²) in [6.07, 6.45) is 0. The van der Waals surface area contributed by atoms with Crippen LogP contribution in [0.1, 0.15) is 37.4 Å². The Bertz CT molecular complexity index is 1140. The molecule has 0 fully saturated rings. The van der Waals surface area contributed by atoms with Crippen molar-refractivity contribution in [2.45, 2.75) is 46.2 Å². The zero-order chi connectivity index (χ0) is 24.9. The highest BCUT2D eigenvalue weighted by atomic mass is 28.4. The van der Waals surface area contributed by atoms with Gasteiger partial charge in [0.1, 0.15) is 5.75 Å². The van der Waals surface area contributed by atoms with Gasteiger partial charge in [-0.3, -0.25) is 9.59 Å². The molecule has 0 radical (unpaired) electrons. The number of ketones is 2. The molecule has 9 heteroatoms. The second-order valence-electron chi connectivity index (χ2n) is 9.93. The molecular formula is C24H32O7Si2. The number of methoxy groups -OCH3 is 3. The lowest BCUT2D eigenvalue weighted by molar-refractivity contribution is 0.0973. The van der Waals surface area contributed by atoms with Gasteiger partial charge in [-0.25, -0.2) is 0 Å². The van der Waals surface area contributed by atoms with Crippen molar-refractivity contribution < 1.29 is 32.7 Å². The van der Waals surface area contributed by atoms with Gasteiger partial charge in [0.2, 0.25) is 28.2 Å². The van der Waals surface area contributed by atoms with Crippen LogP contribution in [0.25, 0.3) is 0 Å². The molecule has 1 aliphatic carbocycles. The van der Waals surface area contributed by atoms with Crippen molar-refractivity contribution in [1.29, 1.82) is 0 Å². The van der Waals surface area contributed by atoms with E-state index in [1.54, 1.807) is 12.1 Å². The second-order valence-corrected chi connectivity index (χ2v) is 18.8. The van der Waals surface area contributed by atoms with Gasteiger partial charge in [0.25, 0.3) is 0 Å². The number of benzene rings is 2. The van der Waals surface area contributed by atoms with Gasteiger partial charge < -0.3 is 23.1 Å². The van der Waals surface area contributed by atoms with E-state index in [4.69, 9.17) is 23.1 Å². The molecule has 0 aliphatic heterocycles. The minimum atomic E-state index is -2.21. The number of fused-ring (bicyclic) bond motifs is 2. The summed E-state index contributed by atoms with van der Waals surface area (Å²) in [6.45, 7) is 14.0. The summed E-state index contributed by atoms with van der Waals surface area (Å²) in [7, 11) is 0.203.